The van der Waals surface area contributed by atoms with Crippen molar-refractivity contribution in [3.63, 3.8) is 0 Å². The zero-order valence-electron chi connectivity index (χ0n) is 11.2. The van der Waals surface area contributed by atoms with E-state index in [9.17, 15) is 8.78 Å². The summed E-state index contributed by atoms with van der Waals surface area (Å²) in [5, 5.41) is 3.28. The van der Waals surface area contributed by atoms with Crippen LogP contribution in [0, 0.1) is 0 Å². The second kappa shape index (κ2) is 6.04. The summed E-state index contributed by atoms with van der Waals surface area (Å²) < 4.78 is 24.4. The van der Waals surface area contributed by atoms with Gasteiger partial charge in [0.15, 0.2) is 0 Å². The highest BCUT2D eigenvalue weighted by Crippen LogP contribution is 2.09. The van der Waals surface area contributed by atoms with Crippen molar-refractivity contribution in [1.29, 1.82) is 0 Å². The minimum atomic E-state index is -2.38. The second-order valence-electron chi connectivity index (χ2n) is 5.24. The Morgan fingerprint density at radius 2 is 1.94 bits per heavy atom. The van der Waals surface area contributed by atoms with E-state index in [1.54, 1.807) is 13.2 Å². The van der Waals surface area contributed by atoms with E-state index in [-0.39, 0.29) is 12.1 Å². The highest BCUT2D eigenvalue weighted by Gasteiger charge is 2.11. The first-order chi connectivity index (χ1) is 8.28. The Hall–Kier alpha value is -1.30. The zero-order chi connectivity index (χ0) is 13.8. The Balaban J connectivity index is 2.57. The molecule has 0 amide bonds. The van der Waals surface area contributed by atoms with Crippen LogP contribution < -0.4 is 10.2 Å². The topological polar surface area (TPSA) is 41.1 Å². The van der Waals surface area contributed by atoms with Crippen molar-refractivity contribution in [2.75, 3.05) is 18.5 Å². The Bertz CT molecular complexity index is 359. The lowest BCUT2D eigenvalue weighted by Crippen LogP contribution is -2.35. The highest BCUT2D eigenvalue weighted by molar-refractivity contribution is 5.34. The predicted molar refractivity (Wildman–Crippen MR) is 67.9 cm³/mol. The Morgan fingerprint density at radius 1 is 1.28 bits per heavy atom. The minimum absolute atomic E-state index is 0.00676. The van der Waals surface area contributed by atoms with Crippen LogP contribution >= 0.6 is 0 Å². The first-order valence-electron chi connectivity index (χ1n) is 5.83. The number of alkyl halides is 2. The van der Waals surface area contributed by atoms with Gasteiger partial charge in [0.2, 0.25) is 0 Å². The van der Waals surface area contributed by atoms with Crippen molar-refractivity contribution in [3.8, 4) is 0 Å². The molecule has 0 bridgehead atoms. The summed E-state index contributed by atoms with van der Waals surface area (Å²) in [7, 11) is 1.57. The third-order valence-corrected chi connectivity index (χ3v) is 2.29. The number of nitrogens with one attached hydrogen (secondary N) is 1. The number of hydrogen-bond acceptors (Lipinski definition) is 4. The molecule has 0 aromatic carbocycles. The molecule has 0 unspecified atom stereocenters. The van der Waals surface area contributed by atoms with Gasteiger partial charge in [-0.15, -0.1) is 0 Å². The monoisotopic (exact) mass is 258 g/mol. The molecule has 0 radical (unpaired) electrons. The van der Waals surface area contributed by atoms with Gasteiger partial charge in [-0.1, -0.05) is 0 Å². The van der Waals surface area contributed by atoms with Gasteiger partial charge >= 0.3 is 0 Å². The molecule has 1 N–H and O–H groups in total. The molecule has 0 aliphatic heterocycles. The molecule has 102 valence electrons. The second-order valence-corrected chi connectivity index (χ2v) is 5.24. The van der Waals surface area contributed by atoms with E-state index in [4.69, 9.17) is 0 Å². The van der Waals surface area contributed by atoms with Crippen molar-refractivity contribution in [3.05, 3.63) is 18.1 Å². The molecule has 0 atom stereocenters. The van der Waals surface area contributed by atoms with Crippen LogP contribution in [-0.2, 0) is 6.54 Å². The van der Waals surface area contributed by atoms with Crippen LogP contribution in [-0.4, -0.2) is 35.5 Å². The van der Waals surface area contributed by atoms with Gasteiger partial charge < -0.3 is 10.2 Å². The van der Waals surface area contributed by atoms with E-state index in [2.05, 4.69) is 36.1 Å². The fraction of sp³-hybridized carbons (Fsp3) is 0.667. The van der Waals surface area contributed by atoms with Crippen LogP contribution in [0.1, 0.15) is 26.5 Å². The maximum absolute atomic E-state index is 12.2. The lowest BCUT2D eigenvalue weighted by atomic mass is 10.1. The van der Waals surface area contributed by atoms with E-state index >= 15 is 0 Å². The van der Waals surface area contributed by atoms with Crippen LogP contribution in [0.4, 0.5) is 14.6 Å². The zero-order valence-corrected chi connectivity index (χ0v) is 11.2. The highest BCUT2D eigenvalue weighted by atomic mass is 19.3. The molecule has 0 aliphatic carbocycles. The van der Waals surface area contributed by atoms with Gasteiger partial charge in [0.05, 0.1) is 24.6 Å². The van der Waals surface area contributed by atoms with Crippen LogP contribution in [0.2, 0.25) is 0 Å². The summed E-state index contributed by atoms with van der Waals surface area (Å²) in [6, 6.07) is 0. The molecule has 1 aromatic heterocycles. The van der Waals surface area contributed by atoms with Crippen molar-refractivity contribution in [2.45, 2.75) is 39.3 Å². The lowest BCUT2D eigenvalue weighted by molar-refractivity contribution is 0.156. The fourth-order valence-corrected chi connectivity index (χ4v) is 1.29. The van der Waals surface area contributed by atoms with Gasteiger partial charge in [-0.25, -0.2) is 13.8 Å². The van der Waals surface area contributed by atoms with Gasteiger partial charge in [-0.05, 0) is 20.8 Å². The van der Waals surface area contributed by atoms with Gasteiger partial charge in [0.25, 0.3) is 6.43 Å². The molecular formula is C12H20F2N4. The molecule has 1 aromatic rings. The molecule has 0 saturated carbocycles. The predicted octanol–water partition coefficient (Wildman–Crippen LogP) is 2.07. The number of nitrogens with zero attached hydrogens (tertiary/aromatic N) is 3. The van der Waals surface area contributed by atoms with E-state index < -0.39 is 6.43 Å². The molecule has 1 heterocycles. The number of rotatable bonds is 5. The van der Waals surface area contributed by atoms with E-state index in [1.165, 1.54) is 11.1 Å². The molecule has 1 rings (SSSR count). The molecule has 4 nitrogen and oxygen atoms in total. The molecule has 0 aliphatic rings. The molecule has 6 heteroatoms. The van der Waals surface area contributed by atoms with Crippen molar-refractivity contribution < 1.29 is 8.78 Å². The fourth-order valence-electron chi connectivity index (χ4n) is 1.29. The average Bonchev–Trinajstić information content (AvgIpc) is 2.25. The Kier molecular flexibility index (Phi) is 4.95. The maximum atomic E-state index is 12.2. The van der Waals surface area contributed by atoms with E-state index in [1.807, 2.05) is 0 Å². The normalized spacial score (nSPS) is 11.9. The van der Waals surface area contributed by atoms with E-state index in [0.717, 1.165) is 5.69 Å². The number of halogens is 2. The van der Waals surface area contributed by atoms with Crippen molar-refractivity contribution in [2.24, 2.45) is 0 Å². The first-order valence-corrected chi connectivity index (χ1v) is 5.83. The summed E-state index contributed by atoms with van der Waals surface area (Å²) in [4.78, 5) is 9.71. The molecular weight excluding hydrogens is 238 g/mol. The third kappa shape index (κ3) is 5.35. The quantitative estimate of drug-likeness (QED) is 0.877. The minimum Gasteiger partial charge on any atom is -0.353 e. The summed E-state index contributed by atoms with van der Waals surface area (Å²) in [6.07, 6.45) is 0.747. The van der Waals surface area contributed by atoms with Crippen LogP contribution in [0.5, 0.6) is 0 Å². The standard InChI is InChI=1S/C12H20F2N4/c1-12(2,3)17-6-9-5-16-11(7-15-9)18(4)8-10(13)14/h5,7,10,17H,6,8H2,1-4H3. The maximum Gasteiger partial charge on any atom is 0.255 e. The number of anilines is 1. The van der Waals surface area contributed by atoms with Crippen LogP contribution in [0.3, 0.4) is 0 Å². The Morgan fingerprint density at radius 3 is 2.39 bits per heavy atom. The van der Waals surface area contributed by atoms with Gasteiger partial charge in [-0.2, -0.15) is 0 Å². The van der Waals surface area contributed by atoms with Gasteiger partial charge in [-0.3, -0.25) is 4.98 Å². The summed E-state index contributed by atoms with van der Waals surface area (Å²) >= 11 is 0. The molecule has 0 spiro atoms. The molecule has 0 saturated heterocycles. The first kappa shape index (κ1) is 14.8. The molecule has 0 fully saturated rings. The van der Waals surface area contributed by atoms with Crippen LogP contribution in [0.25, 0.3) is 0 Å². The third-order valence-electron chi connectivity index (χ3n) is 2.29. The number of hydrogen-bond donors (Lipinski definition) is 1. The van der Waals surface area contributed by atoms with Gasteiger partial charge in [0.1, 0.15) is 5.82 Å². The smallest absolute Gasteiger partial charge is 0.255 e. The van der Waals surface area contributed by atoms with Gasteiger partial charge in [0, 0.05) is 19.1 Å². The molecule has 18 heavy (non-hydrogen) atoms. The number of aromatic nitrogens is 2. The Labute approximate surface area is 106 Å². The average molecular weight is 258 g/mol. The van der Waals surface area contributed by atoms with Crippen molar-refractivity contribution in [1.82, 2.24) is 15.3 Å². The largest absolute Gasteiger partial charge is 0.353 e. The summed E-state index contributed by atoms with van der Waals surface area (Å²) in [6.45, 7) is 6.45. The van der Waals surface area contributed by atoms with Crippen LogP contribution in [0.15, 0.2) is 12.4 Å². The SMILES string of the molecule is CN(CC(F)F)c1cnc(CNC(C)(C)C)cn1. The lowest BCUT2D eigenvalue weighted by Gasteiger charge is -2.20. The van der Waals surface area contributed by atoms with Crippen molar-refractivity contribution >= 4 is 5.82 Å². The van der Waals surface area contributed by atoms with E-state index in [0.29, 0.717) is 12.4 Å². The summed E-state index contributed by atoms with van der Waals surface area (Å²) in [5.74, 6) is 0.454. The summed E-state index contributed by atoms with van der Waals surface area (Å²) in [5.41, 5.74) is 0.798.